The van der Waals surface area contributed by atoms with Gasteiger partial charge in [-0.05, 0) is 103 Å². The normalized spacial score (nSPS) is 54.4. The lowest BCUT2D eigenvalue weighted by Gasteiger charge is -2.76. The second-order valence-electron chi connectivity index (χ2n) is 16.3. The maximum Gasteiger partial charge on any atom is 0.310 e. The molecular formula is C32H52O3. The summed E-state index contributed by atoms with van der Waals surface area (Å²) in [7, 11) is 0. The summed E-state index contributed by atoms with van der Waals surface area (Å²) in [5, 5.41) is 21.7. The van der Waals surface area contributed by atoms with Crippen molar-refractivity contribution in [3.05, 3.63) is 11.6 Å². The van der Waals surface area contributed by atoms with Crippen molar-refractivity contribution in [1.82, 2.24) is 0 Å². The maximum atomic E-state index is 13.0. The minimum absolute atomic E-state index is 0.00923. The number of aliphatic hydroxyl groups excluding tert-OH is 1. The summed E-state index contributed by atoms with van der Waals surface area (Å²) in [5.41, 5.74) is 1.09. The van der Waals surface area contributed by atoms with Gasteiger partial charge in [-0.15, -0.1) is 0 Å². The van der Waals surface area contributed by atoms with Gasteiger partial charge in [-0.25, -0.2) is 0 Å². The smallest absolute Gasteiger partial charge is 0.310 e. The van der Waals surface area contributed by atoms with Gasteiger partial charge in [0.15, 0.2) is 0 Å². The van der Waals surface area contributed by atoms with E-state index in [1.165, 1.54) is 18.4 Å². The van der Waals surface area contributed by atoms with Crippen LogP contribution in [0.2, 0.25) is 0 Å². The van der Waals surface area contributed by atoms with Crippen molar-refractivity contribution in [2.24, 2.45) is 49.2 Å². The van der Waals surface area contributed by atoms with Crippen LogP contribution in [0.4, 0.5) is 0 Å². The Hall–Kier alpha value is -0.830. The monoisotopic (exact) mass is 484 g/mol. The molecule has 2 N–H and O–H groups in total. The van der Waals surface area contributed by atoms with Crippen molar-refractivity contribution in [2.45, 2.75) is 133 Å². The van der Waals surface area contributed by atoms with E-state index in [0.717, 1.165) is 51.4 Å². The fourth-order valence-corrected chi connectivity index (χ4v) is 11.9. The van der Waals surface area contributed by atoms with Crippen LogP contribution in [0.3, 0.4) is 0 Å². The topological polar surface area (TPSA) is 57.5 Å². The number of aliphatic hydroxyl groups is 1. The quantitative estimate of drug-likeness (QED) is 0.371. The molecule has 0 aromatic rings. The zero-order chi connectivity index (χ0) is 26.1. The van der Waals surface area contributed by atoms with Crippen LogP contribution in [-0.4, -0.2) is 22.3 Å². The Kier molecular flexibility index (Phi) is 5.14. The molecule has 35 heavy (non-hydrogen) atoms. The first-order chi connectivity index (χ1) is 15.9. The molecule has 5 aliphatic rings. The SMILES string of the molecule is CC1(C)CC[C@]2(C(=O)O)CC[C@]3(C)C(=CC[C@@]4(C)[C@@]3(C)CC[C@H]3C(C)(C)[C@H](O)CC[C@@]34C)[C@]2(C)C1. The molecule has 0 amide bonds. The van der Waals surface area contributed by atoms with Crippen LogP contribution in [0.5, 0.6) is 0 Å². The third-order valence-electron chi connectivity index (χ3n) is 14.6. The molecule has 0 aliphatic heterocycles. The van der Waals surface area contributed by atoms with E-state index in [4.69, 9.17) is 0 Å². The lowest BCUT2D eigenvalue weighted by atomic mass is 9.27. The largest absolute Gasteiger partial charge is 0.481 e. The van der Waals surface area contributed by atoms with Crippen LogP contribution >= 0.6 is 0 Å². The lowest BCUT2D eigenvalue weighted by Crippen LogP contribution is -2.70. The molecule has 3 nitrogen and oxygen atoms in total. The van der Waals surface area contributed by atoms with Gasteiger partial charge < -0.3 is 10.2 Å². The number of allylic oxidation sites excluding steroid dienone is 2. The number of aliphatic carboxylic acids is 1. The van der Waals surface area contributed by atoms with E-state index in [0.29, 0.717) is 5.92 Å². The van der Waals surface area contributed by atoms with E-state index >= 15 is 0 Å². The van der Waals surface area contributed by atoms with E-state index < -0.39 is 11.4 Å². The van der Waals surface area contributed by atoms with Crippen LogP contribution in [0.1, 0.15) is 127 Å². The van der Waals surface area contributed by atoms with Crippen LogP contribution in [0.15, 0.2) is 11.6 Å². The first kappa shape index (κ1) is 25.8. The highest BCUT2D eigenvalue weighted by Crippen LogP contribution is 2.81. The van der Waals surface area contributed by atoms with Gasteiger partial charge in [-0.1, -0.05) is 74.0 Å². The van der Waals surface area contributed by atoms with Gasteiger partial charge in [-0.3, -0.25) is 4.79 Å². The number of hydrogen-bond donors (Lipinski definition) is 2. The van der Waals surface area contributed by atoms with E-state index in [2.05, 4.69) is 68.4 Å². The van der Waals surface area contributed by atoms with Crippen molar-refractivity contribution < 1.29 is 15.0 Å². The van der Waals surface area contributed by atoms with E-state index in [1.807, 2.05) is 0 Å². The van der Waals surface area contributed by atoms with Gasteiger partial charge in [0, 0.05) is 5.41 Å². The molecule has 0 bridgehead atoms. The van der Waals surface area contributed by atoms with Gasteiger partial charge >= 0.3 is 5.97 Å². The number of hydrogen-bond acceptors (Lipinski definition) is 2. The first-order valence-electron chi connectivity index (χ1n) is 14.5. The van der Waals surface area contributed by atoms with Crippen molar-refractivity contribution >= 4 is 5.97 Å². The molecule has 0 heterocycles. The molecule has 5 rings (SSSR count). The number of fused-ring (bicyclic) bond motifs is 7. The summed E-state index contributed by atoms with van der Waals surface area (Å²) >= 11 is 0. The van der Waals surface area contributed by atoms with E-state index in [9.17, 15) is 15.0 Å². The minimum Gasteiger partial charge on any atom is -0.481 e. The Morgan fingerprint density at radius 2 is 1.43 bits per heavy atom. The second-order valence-corrected chi connectivity index (χ2v) is 16.3. The van der Waals surface area contributed by atoms with Crippen LogP contribution in [0, 0.1) is 49.2 Å². The van der Waals surface area contributed by atoms with Crippen molar-refractivity contribution in [3.63, 3.8) is 0 Å². The molecular weight excluding hydrogens is 432 g/mol. The van der Waals surface area contributed by atoms with E-state index in [1.54, 1.807) is 0 Å². The average Bonchev–Trinajstić information content (AvgIpc) is 2.72. The molecule has 0 unspecified atom stereocenters. The van der Waals surface area contributed by atoms with Crippen molar-refractivity contribution in [3.8, 4) is 0 Å². The Morgan fingerprint density at radius 1 is 0.800 bits per heavy atom. The molecule has 0 saturated heterocycles. The van der Waals surface area contributed by atoms with Crippen LogP contribution < -0.4 is 0 Å². The predicted octanol–water partition coefficient (Wildman–Crippen LogP) is 8.01. The third-order valence-corrected chi connectivity index (χ3v) is 14.6. The van der Waals surface area contributed by atoms with Gasteiger partial charge in [0.05, 0.1) is 11.5 Å². The number of rotatable bonds is 1. The third kappa shape index (κ3) is 2.70. The summed E-state index contributed by atoms with van der Waals surface area (Å²) in [6, 6.07) is 0. The van der Waals surface area contributed by atoms with Gasteiger partial charge in [0.1, 0.15) is 0 Å². The summed E-state index contributed by atoms with van der Waals surface area (Å²) in [6.07, 6.45) is 12.3. The number of carbonyl (C=O) groups is 1. The molecule has 0 aromatic heterocycles. The summed E-state index contributed by atoms with van der Waals surface area (Å²) in [4.78, 5) is 13.0. The summed E-state index contributed by atoms with van der Waals surface area (Å²) in [5.74, 6) is -0.0445. The molecule has 8 atom stereocenters. The Bertz CT molecular complexity index is 977. The van der Waals surface area contributed by atoms with Crippen molar-refractivity contribution in [1.29, 1.82) is 0 Å². The fourth-order valence-electron chi connectivity index (χ4n) is 11.9. The van der Waals surface area contributed by atoms with E-state index in [-0.39, 0.29) is 44.0 Å². The number of carboxylic acids is 1. The zero-order valence-corrected chi connectivity index (χ0v) is 24.1. The lowest BCUT2D eigenvalue weighted by molar-refractivity contribution is -0.254. The maximum absolute atomic E-state index is 13.0. The van der Waals surface area contributed by atoms with Crippen LogP contribution in [0.25, 0.3) is 0 Å². The molecule has 198 valence electrons. The van der Waals surface area contributed by atoms with Gasteiger partial charge in [-0.2, -0.15) is 0 Å². The molecule has 5 aliphatic carbocycles. The summed E-state index contributed by atoms with van der Waals surface area (Å²) < 4.78 is 0. The Morgan fingerprint density at radius 3 is 2.06 bits per heavy atom. The predicted molar refractivity (Wildman–Crippen MR) is 142 cm³/mol. The van der Waals surface area contributed by atoms with Crippen LogP contribution in [-0.2, 0) is 4.79 Å². The Balaban J connectivity index is 1.69. The average molecular weight is 485 g/mol. The standard InChI is InChI=1S/C32H52O3/c1-25(2)16-18-32(24(34)35)19-17-28(6)22(29(32,7)20-25)11-15-30(8)27(5)13-12-23(33)26(3,4)21(27)10-14-31(28,30)9/h11,21,23,33H,10,12-20H2,1-9H3,(H,34,35)/t21-,23+,27-,28+,29-,30+,31-,32+/m0/s1. The number of carboxylic acid groups (broad SMARTS) is 1. The molecule has 0 radical (unpaired) electrons. The zero-order valence-electron chi connectivity index (χ0n) is 24.1. The molecule has 3 heteroatoms. The highest BCUT2D eigenvalue weighted by atomic mass is 16.4. The molecule has 4 fully saturated rings. The first-order valence-corrected chi connectivity index (χ1v) is 14.5. The minimum atomic E-state index is -0.629. The highest BCUT2D eigenvalue weighted by molar-refractivity contribution is 5.78. The Labute approximate surface area is 214 Å². The highest BCUT2D eigenvalue weighted by Gasteiger charge is 2.75. The van der Waals surface area contributed by atoms with Crippen molar-refractivity contribution in [2.75, 3.05) is 0 Å². The fraction of sp³-hybridized carbons (Fsp3) is 0.906. The molecule has 0 spiro atoms. The van der Waals surface area contributed by atoms with Gasteiger partial charge in [0.2, 0.25) is 0 Å². The van der Waals surface area contributed by atoms with Gasteiger partial charge in [0.25, 0.3) is 0 Å². The molecule has 0 aromatic carbocycles. The molecule has 4 saturated carbocycles. The summed E-state index contributed by atoms with van der Waals surface area (Å²) in [6.45, 7) is 21.9. The second kappa shape index (κ2) is 6.97.